The molecule has 2 heterocycles. The number of hydrogen-bond acceptors (Lipinski definition) is 4. The van der Waals surface area contributed by atoms with Crippen LogP contribution >= 0.6 is 0 Å². The van der Waals surface area contributed by atoms with Crippen molar-refractivity contribution in [3.63, 3.8) is 0 Å². The second kappa shape index (κ2) is 9.37. The Morgan fingerprint density at radius 1 is 1.18 bits per heavy atom. The van der Waals surface area contributed by atoms with Gasteiger partial charge >= 0.3 is 0 Å². The van der Waals surface area contributed by atoms with E-state index in [-0.39, 0.29) is 10.8 Å². The maximum atomic E-state index is 12.6. The lowest BCUT2D eigenvalue weighted by atomic mass is 10.00. The second-order valence-corrected chi connectivity index (χ2v) is 9.71. The summed E-state index contributed by atoms with van der Waals surface area (Å²) in [5.74, 6) is 0.111. The summed E-state index contributed by atoms with van der Waals surface area (Å²) in [5.41, 5.74) is 1.63. The van der Waals surface area contributed by atoms with Crippen molar-refractivity contribution in [2.24, 2.45) is 0 Å². The molecule has 0 aromatic heterocycles. The van der Waals surface area contributed by atoms with Crippen LogP contribution in [0.1, 0.15) is 57.4 Å². The van der Waals surface area contributed by atoms with E-state index in [4.69, 9.17) is 0 Å². The summed E-state index contributed by atoms with van der Waals surface area (Å²) in [6.07, 6.45) is 7.21. The maximum Gasteiger partial charge on any atom is 0.240 e. The van der Waals surface area contributed by atoms with Gasteiger partial charge in [0, 0.05) is 31.2 Å². The number of nitrogens with one attached hydrogen (secondary N) is 1. The van der Waals surface area contributed by atoms with Crippen molar-refractivity contribution in [2.75, 3.05) is 31.1 Å². The summed E-state index contributed by atoms with van der Waals surface area (Å²) >= 11 is 0. The minimum Gasteiger partial charge on any atom is -0.312 e. The van der Waals surface area contributed by atoms with E-state index in [0.29, 0.717) is 25.6 Å². The summed E-state index contributed by atoms with van der Waals surface area (Å²) in [7, 11) is -3.53. The first-order chi connectivity index (χ1) is 13.4. The third-order valence-corrected chi connectivity index (χ3v) is 7.44. The monoisotopic (exact) mass is 407 g/mol. The van der Waals surface area contributed by atoms with Crippen LogP contribution in [0.2, 0.25) is 0 Å². The second-order valence-electron chi connectivity index (χ2n) is 7.94. The number of sulfonamides is 1. The molecular formula is C21H33N3O3S. The van der Waals surface area contributed by atoms with E-state index in [1.165, 1.54) is 19.3 Å². The Hall–Kier alpha value is -1.44. The van der Waals surface area contributed by atoms with E-state index in [2.05, 4.69) is 16.5 Å². The first-order valence-electron chi connectivity index (χ1n) is 10.6. The molecule has 156 valence electrons. The van der Waals surface area contributed by atoms with Gasteiger partial charge in [-0.25, -0.2) is 13.1 Å². The van der Waals surface area contributed by atoms with Gasteiger partial charge in [0.1, 0.15) is 0 Å². The summed E-state index contributed by atoms with van der Waals surface area (Å²) in [4.78, 5) is 16.5. The normalized spacial score (nSPS) is 21.4. The largest absolute Gasteiger partial charge is 0.312 e. The third-order valence-electron chi connectivity index (χ3n) is 5.98. The van der Waals surface area contributed by atoms with Crippen molar-refractivity contribution in [3.8, 4) is 0 Å². The number of nitrogens with zero attached hydrogens (tertiary/aromatic N) is 2. The zero-order chi connectivity index (χ0) is 20.1. The van der Waals surface area contributed by atoms with Gasteiger partial charge in [0.05, 0.1) is 4.90 Å². The lowest BCUT2D eigenvalue weighted by Gasteiger charge is -2.35. The summed E-state index contributed by atoms with van der Waals surface area (Å²) in [5, 5.41) is 0. The number of anilines is 1. The lowest BCUT2D eigenvalue weighted by molar-refractivity contribution is -0.117. The van der Waals surface area contributed by atoms with Gasteiger partial charge in [-0.3, -0.25) is 4.79 Å². The molecule has 1 atom stereocenters. The molecular weight excluding hydrogens is 374 g/mol. The number of carbonyl (C=O) groups excluding carboxylic acids is 1. The summed E-state index contributed by atoms with van der Waals surface area (Å²) in [6.45, 7) is 7.31. The average molecular weight is 408 g/mol. The molecule has 2 aliphatic heterocycles. The number of benzene rings is 1. The molecule has 0 unspecified atom stereocenters. The molecule has 6 nitrogen and oxygen atoms in total. The highest BCUT2D eigenvalue weighted by Crippen LogP contribution is 2.27. The zero-order valence-corrected chi connectivity index (χ0v) is 17.9. The fraction of sp³-hybridized carbons (Fsp3) is 0.667. The lowest BCUT2D eigenvalue weighted by Crippen LogP contribution is -2.40. The zero-order valence-electron chi connectivity index (χ0n) is 17.1. The standard InChI is InChI=1S/C21H33N3O3S/c1-3-18-8-4-5-13-23(18)14-7-12-22-28(26,27)19-10-11-20(17(2)16-19)24-15-6-9-21(24)25/h10-11,16,18,22H,3-9,12-15H2,1-2H3/t18-/m1/s1. The molecule has 1 amide bonds. The van der Waals surface area contributed by atoms with Gasteiger partial charge in [-0.2, -0.15) is 0 Å². The van der Waals surface area contributed by atoms with Crippen LogP contribution < -0.4 is 9.62 Å². The minimum atomic E-state index is -3.53. The average Bonchev–Trinajstić information content (AvgIpc) is 3.11. The molecule has 0 spiro atoms. The van der Waals surface area contributed by atoms with Gasteiger partial charge in [-0.15, -0.1) is 0 Å². The van der Waals surface area contributed by atoms with Crippen LogP contribution in [0, 0.1) is 6.92 Å². The van der Waals surface area contributed by atoms with Crippen LogP contribution in [0.5, 0.6) is 0 Å². The number of carbonyl (C=O) groups is 1. The summed E-state index contributed by atoms with van der Waals surface area (Å²) < 4.78 is 28.0. The number of amides is 1. The van der Waals surface area contributed by atoms with E-state index >= 15 is 0 Å². The molecule has 2 saturated heterocycles. The van der Waals surface area contributed by atoms with Crippen LogP contribution in [0.25, 0.3) is 0 Å². The molecule has 7 heteroatoms. The molecule has 28 heavy (non-hydrogen) atoms. The third kappa shape index (κ3) is 4.93. The van der Waals surface area contributed by atoms with Crippen LogP contribution in [-0.2, 0) is 14.8 Å². The van der Waals surface area contributed by atoms with Crippen molar-refractivity contribution in [1.29, 1.82) is 0 Å². The van der Waals surface area contributed by atoms with E-state index in [0.717, 1.165) is 43.6 Å². The Bertz CT molecular complexity index is 794. The molecule has 1 aromatic rings. The van der Waals surface area contributed by atoms with Crippen LogP contribution in [0.15, 0.2) is 23.1 Å². The van der Waals surface area contributed by atoms with Gasteiger partial charge in [-0.1, -0.05) is 13.3 Å². The highest BCUT2D eigenvalue weighted by Gasteiger charge is 2.24. The number of rotatable bonds is 8. The predicted molar refractivity (Wildman–Crippen MR) is 112 cm³/mol. The fourth-order valence-corrected chi connectivity index (χ4v) is 5.55. The van der Waals surface area contributed by atoms with Crippen molar-refractivity contribution >= 4 is 21.6 Å². The maximum absolute atomic E-state index is 12.6. The van der Waals surface area contributed by atoms with Crippen molar-refractivity contribution in [3.05, 3.63) is 23.8 Å². The Labute approximate surface area is 169 Å². The predicted octanol–water partition coefficient (Wildman–Crippen LogP) is 3.05. The van der Waals surface area contributed by atoms with Gasteiger partial charge < -0.3 is 9.80 Å². The van der Waals surface area contributed by atoms with Gasteiger partial charge in [0.2, 0.25) is 15.9 Å². The molecule has 0 bridgehead atoms. The molecule has 3 rings (SSSR count). The first kappa shape index (κ1) is 21.3. The number of piperidine rings is 1. The van der Waals surface area contributed by atoms with E-state index in [9.17, 15) is 13.2 Å². The molecule has 1 N–H and O–H groups in total. The molecule has 0 aliphatic carbocycles. The molecule has 2 fully saturated rings. The van der Waals surface area contributed by atoms with Crippen molar-refractivity contribution < 1.29 is 13.2 Å². The first-order valence-corrected chi connectivity index (χ1v) is 12.1. The molecule has 0 saturated carbocycles. The van der Waals surface area contributed by atoms with Gasteiger partial charge in [0.25, 0.3) is 0 Å². The highest BCUT2D eigenvalue weighted by atomic mass is 32.2. The van der Waals surface area contributed by atoms with Crippen molar-refractivity contribution in [2.45, 2.75) is 69.7 Å². The van der Waals surface area contributed by atoms with Gasteiger partial charge in [-0.05, 0) is 75.9 Å². The van der Waals surface area contributed by atoms with Crippen LogP contribution in [0.4, 0.5) is 5.69 Å². The number of aryl methyl sites for hydroxylation is 1. The fourth-order valence-electron chi connectivity index (χ4n) is 4.39. The minimum absolute atomic E-state index is 0.111. The van der Waals surface area contributed by atoms with Crippen molar-refractivity contribution in [1.82, 2.24) is 9.62 Å². The molecule has 1 aromatic carbocycles. The van der Waals surface area contributed by atoms with E-state index < -0.39 is 10.0 Å². The van der Waals surface area contributed by atoms with E-state index in [1.807, 2.05) is 6.92 Å². The number of hydrogen-bond donors (Lipinski definition) is 1. The van der Waals surface area contributed by atoms with Gasteiger partial charge in [0.15, 0.2) is 0 Å². The van der Waals surface area contributed by atoms with Crippen LogP contribution in [-0.4, -0.2) is 51.4 Å². The highest BCUT2D eigenvalue weighted by molar-refractivity contribution is 7.89. The number of likely N-dealkylation sites (tertiary alicyclic amines) is 1. The Balaban J connectivity index is 1.55. The Kier molecular flexibility index (Phi) is 7.12. The molecule has 2 aliphatic rings. The molecule has 0 radical (unpaired) electrons. The van der Waals surface area contributed by atoms with Crippen LogP contribution in [0.3, 0.4) is 0 Å². The Morgan fingerprint density at radius 2 is 2.00 bits per heavy atom. The quantitative estimate of drug-likeness (QED) is 0.673. The SMILES string of the molecule is CC[C@@H]1CCCCN1CCCNS(=O)(=O)c1ccc(N2CCCC2=O)c(C)c1. The Morgan fingerprint density at radius 3 is 2.68 bits per heavy atom. The van der Waals surface area contributed by atoms with E-state index in [1.54, 1.807) is 23.1 Å². The smallest absolute Gasteiger partial charge is 0.240 e. The topological polar surface area (TPSA) is 69.7 Å². The summed E-state index contributed by atoms with van der Waals surface area (Å²) in [6, 6.07) is 5.68.